The average Bonchev–Trinajstić information content (AvgIpc) is 2.65. The molecule has 2 aromatic carbocycles. The van der Waals surface area contributed by atoms with E-state index in [0.717, 1.165) is 24.8 Å². The number of sulfonamides is 1. The lowest BCUT2D eigenvalue weighted by Crippen LogP contribution is -2.33. The smallest absolute Gasteiger partial charge is 0.261 e. The minimum atomic E-state index is -3.87. The topological polar surface area (TPSA) is 118 Å². The molecule has 0 aliphatic heterocycles. The van der Waals surface area contributed by atoms with Crippen LogP contribution in [0, 0.1) is 6.92 Å². The number of aryl methyl sites for hydroxylation is 2. The molecule has 0 atom stereocenters. The maximum Gasteiger partial charge on any atom is 0.261 e. The summed E-state index contributed by atoms with van der Waals surface area (Å²) >= 11 is 0. The van der Waals surface area contributed by atoms with Gasteiger partial charge in [-0.2, -0.15) is 0 Å². The number of rotatable bonds is 9. The highest BCUT2D eigenvalue weighted by Gasteiger charge is 2.18. The Morgan fingerprint density at radius 2 is 1.75 bits per heavy atom. The van der Waals surface area contributed by atoms with E-state index in [0.29, 0.717) is 11.3 Å². The molecule has 4 N–H and O–H groups in total. The number of amides is 2. The summed E-state index contributed by atoms with van der Waals surface area (Å²) in [5, 5.41) is 2.36. The van der Waals surface area contributed by atoms with E-state index in [1.165, 1.54) is 12.1 Å². The van der Waals surface area contributed by atoms with E-state index in [1.807, 2.05) is 12.1 Å². The molecule has 2 amide bonds. The van der Waals surface area contributed by atoms with Crippen LogP contribution >= 0.6 is 0 Å². The van der Waals surface area contributed by atoms with Crippen LogP contribution < -0.4 is 15.8 Å². The summed E-state index contributed by atoms with van der Waals surface area (Å²) in [5.41, 5.74) is 7.36. The van der Waals surface area contributed by atoms with Crippen LogP contribution in [0.2, 0.25) is 0 Å². The van der Waals surface area contributed by atoms with Gasteiger partial charge in [0.05, 0.1) is 11.4 Å². The largest absolute Gasteiger partial charge is 0.368 e. The first kappa shape index (κ1) is 21.4. The van der Waals surface area contributed by atoms with E-state index in [9.17, 15) is 18.0 Å². The van der Waals surface area contributed by atoms with Gasteiger partial charge in [-0.15, -0.1) is 0 Å². The van der Waals surface area contributed by atoms with Crippen LogP contribution in [0.25, 0.3) is 0 Å². The van der Waals surface area contributed by atoms with Crippen molar-refractivity contribution in [1.82, 2.24) is 5.32 Å². The Hall–Kier alpha value is -2.87. The molecule has 2 aromatic rings. The number of nitrogens with one attached hydrogen (secondary N) is 2. The van der Waals surface area contributed by atoms with E-state index in [4.69, 9.17) is 5.73 Å². The monoisotopic (exact) mass is 403 g/mol. The van der Waals surface area contributed by atoms with Crippen LogP contribution in [0.5, 0.6) is 0 Å². The zero-order chi connectivity index (χ0) is 20.7. The molecule has 0 aliphatic rings. The highest BCUT2D eigenvalue weighted by Crippen LogP contribution is 2.20. The Morgan fingerprint density at radius 1 is 1.07 bits per heavy atom. The molecule has 0 spiro atoms. The third-order valence-corrected chi connectivity index (χ3v) is 5.59. The number of carbonyl (C=O) groups excluding carboxylic acids is 2. The normalized spacial score (nSPS) is 11.1. The number of unbranched alkanes of at least 4 members (excludes halogenated alkanes) is 1. The van der Waals surface area contributed by atoms with Crippen molar-refractivity contribution >= 4 is 27.5 Å². The van der Waals surface area contributed by atoms with Crippen LogP contribution in [0.3, 0.4) is 0 Å². The van der Waals surface area contributed by atoms with Crippen LogP contribution in [-0.2, 0) is 21.2 Å². The minimum Gasteiger partial charge on any atom is -0.368 e. The highest BCUT2D eigenvalue weighted by molar-refractivity contribution is 7.92. The van der Waals surface area contributed by atoms with E-state index < -0.39 is 21.8 Å². The zero-order valence-electron chi connectivity index (χ0n) is 16.0. The van der Waals surface area contributed by atoms with Crippen LogP contribution in [0.15, 0.2) is 47.4 Å². The standard InChI is InChI=1S/C20H25N3O4S/c1-3-4-5-15-7-9-16(10-8-15)23-28(26,27)17-11-6-14(2)18(12-17)20(25)22-13-19(21)24/h6-12,23H,3-5,13H2,1-2H3,(H2,21,24)(H,22,25). The van der Waals surface area contributed by atoms with Gasteiger partial charge in [0.2, 0.25) is 5.91 Å². The minimum absolute atomic E-state index is 0.0441. The van der Waals surface area contributed by atoms with Gasteiger partial charge in [-0.05, 0) is 55.2 Å². The van der Waals surface area contributed by atoms with E-state index in [1.54, 1.807) is 25.1 Å². The molecule has 0 saturated heterocycles. The third-order valence-electron chi connectivity index (χ3n) is 4.21. The first-order chi connectivity index (χ1) is 13.2. The summed E-state index contributed by atoms with van der Waals surface area (Å²) in [6.45, 7) is 3.47. The first-order valence-electron chi connectivity index (χ1n) is 9.02. The lowest BCUT2D eigenvalue weighted by molar-refractivity contribution is -0.117. The molecule has 8 heteroatoms. The molecule has 0 bridgehead atoms. The van der Waals surface area contributed by atoms with Crippen LogP contribution in [-0.4, -0.2) is 26.8 Å². The van der Waals surface area contributed by atoms with E-state index in [-0.39, 0.29) is 17.0 Å². The van der Waals surface area contributed by atoms with Gasteiger partial charge in [-0.3, -0.25) is 14.3 Å². The van der Waals surface area contributed by atoms with Crippen molar-refractivity contribution in [3.63, 3.8) is 0 Å². The Kier molecular flexibility index (Phi) is 7.17. The fourth-order valence-electron chi connectivity index (χ4n) is 2.61. The Balaban J connectivity index is 2.19. The zero-order valence-corrected chi connectivity index (χ0v) is 16.8. The van der Waals surface area contributed by atoms with Crippen molar-refractivity contribution in [2.24, 2.45) is 5.73 Å². The van der Waals surface area contributed by atoms with Gasteiger partial charge >= 0.3 is 0 Å². The first-order valence-corrected chi connectivity index (χ1v) is 10.5. The van der Waals surface area contributed by atoms with Gasteiger partial charge in [0.25, 0.3) is 15.9 Å². The fourth-order valence-corrected chi connectivity index (χ4v) is 3.69. The third kappa shape index (κ3) is 5.82. The maximum atomic E-state index is 12.7. The van der Waals surface area contributed by atoms with Gasteiger partial charge < -0.3 is 11.1 Å². The molecule has 0 aromatic heterocycles. The molecule has 2 rings (SSSR count). The van der Waals surface area contributed by atoms with Crippen molar-refractivity contribution in [3.05, 3.63) is 59.2 Å². The number of hydrogen-bond donors (Lipinski definition) is 3. The number of anilines is 1. The quantitative estimate of drug-likeness (QED) is 0.595. The highest BCUT2D eigenvalue weighted by atomic mass is 32.2. The molecule has 0 radical (unpaired) electrons. The summed E-state index contributed by atoms with van der Waals surface area (Å²) in [6.07, 6.45) is 3.12. The number of carbonyl (C=O) groups is 2. The van der Waals surface area contributed by atoms with Gasteiger partial charge in [-0.1, -0.05) is 31.5 Å². The summed E-state index contributed by atoms with van der Waals surface area (Å²) in [7, 11) is -3.87. The number of nitrogens with two attached hydrogens (primary N) is 1. The van der Waals surface area contributed by atoms with Gasteiger partial charge in [-0.25, -0.2) is 8.42 Å². The molecular formula is C20H25N3O4S. The Morgan fingerprint density at radius 3 is 2.36 bits per heavy atom. The van der Waals surface area contributed by atoms with Crippen LogP contribution in [0.4, 0.5) is 5.69 Å². The van der Waals surface area contributed by atoms with Crippen LogP contribution in [0.1, 0.15) is 41.3 Å². The summed E-state index contributed by atoms with van der Waals surface area (Å²) in [5.74, 6) is -1.24. The fraction of sp³-hybridized carbons (Fsp3) is 0.300. The number of hydrogen-bond acceptors (Lipinski definition) is 4. The number of primary amides is 1. The average molecular weight is 404 g/mol. The molecule has 0 aliphatic carbocycles. The van der Waals surface area contributed by atoms with Gasteiger partial charge in [0, 0.05) is 11.3 Å². The second-order valence-corrected chi connectivity index (χ2v) is 8.21. The molecule has 0 heterocycles. The van der Waals surface area contributed by atoms with Crippen molar-refractivity contribution < 1.29 is 18.0 Å². The second kappa shape index (κ2) is 9.36. The lowest BCUT2D eigenvalue weighted by atomic mass is 10.1. The number of benzene rings is 2. The summed E-state index contributed by atoms with van der Waals surface area (Å²) in [6, 6.07) is 11.5. The van der Waals surface area contributed by atoms with Crippen molar-refractivity contribution in [3.8, 4) is 0 Å². The Bertz CT molecular complexity index is 954. The maximum absolute atomic E-state index is 12.7. The summed E-state index contributed by atoms with van der Waals surface area (Å²) < 4.78 is 27.9. The molecule has 0 fully saturated rings. The van der Waals surface area contributed by atoms with Gasteiger partial charge in [0.1, 0.15) is 0 Å². The molecule has 0 saturated carbocycles. The SMILES string of the molecule is CCCCc1ccc(NS(=O)(=O)c2ccc(C)c(C(=O)NCC(N)=O)c2)cc1. The molecule has 0 unspecified atom stereocenters. The second-order valence-electron chi connectivity index (χ2n) is 6.53. The molecule has 28 heavy (non-hydrogen) atoms. The summed E-state index contributed by atoms with van der Waals surface area (Å²) in [4.78, 5) is 23.0. The predicted octanol–water partition coefficient (Wildman–Crippen LogP) is 2.35. The van der Waals surface area contributed by atoms with Crippen molar-refractivity contribution in [2.75, 3.05) is 11.3 Å². The van der Waals surface area contributed by atoms with Crippen molar-refractivity contribution in [1.29, 1.82) is 0 Å². The molecular weight excluding hydrogens is 378 g/mol. The van der Waals surface area contributed by atoms with E-state index in [2.05, 4.69) is 17.0 Å². The van der Waals surface area contributed by atoms with Crippen molar-refractivity contribution in [2.45, 2.75) is 38.0 Å². The predicted molar refractivity (Wildman–Crippen MR) is 109 cm³/mol. The molecule has 150 valence electrons. The Labute approximate surface area is 165 Å². The molecule has 7 nitrogen and oxygen atoms in total. The lowest BCUT2D eigenvalue weighted by Gasteiger charge is -2.12. The van der Waals surface area contributed by atoms with Gasteiger partial charge in [0.15, 0.2) is 0 Å². The van der Waals surface area contributed by atoms with E-state index >= 15 is 0 Å².